The molecule has 3 atom stereocenters. The van der Waals surface area contributed by atoms with Crippen molar-refractivity contribution in [2.24, 2.45) is 5.92 Å². The SMILES string of the molecule is CC(C)n1nccc1C(=O)N[C@H](C(=O)Nc1ccc([C@@H](C)N2C[C@@H](C(F)(F)F)NC2=O)cc1F)C1CCCCCC1. The van der Waals surface area contributed by atoms with Gasteiger partial charge in [-0.15, -0.1) is 0 Å². The van der Waals surface area contributed by atoms with Crippen LogP contribution in [0.4, 0.5) is 28.0 Å². The predicted octanol–water partition coefficient (Wildman–Crippen LogP) is 5.33. The van der Waals surface area contributed by atoms with E-state index < -0.39 is 54.5 Å². The lowest BCUT2D eigenvalue weighted by molar-refractivity contribution is -0.150. The van der Waals surface area contributed by atoms with Gasteiger partial charge < -0.3 is 20.9 Å². The minimum Gasteiger partial charge on any atom is -0.339 e. The lowest BCUT2D eigenvalue weighted by Gasteiger charge is -2.27. The summed E-state index contributed by atoms with van der Waals surface area (Å²) < 4.78 is 56.0. The van der Waals surface area contributed by atoms with Gasteiger partial charge in [-0.1, -0.05) is 31.7 Å². The normalized spacial score (nSPS) is 20.0. The van der Waals surface area contributed by atoms with Gasteiger partial charge in [-0.3, -0.25) is 14.3 Å². The van der Waals surface area contributed by atoms with Crippen LogP contribution in [0.1, 0.15) is 87.4 Å². The Bertz CT molecular complexity index is 1260. The standard InChI is InChI=1S/C28H36F4N6O3/c1-16(2)38-22(12-13-33-38)25(39)36-24(18-8-6-4-5-7-9-18)26(40)34-21-11-10-19(14-20(21)29)17(3)37-15-23(28(30,31)32)35-27(37)41/h10-14,16-18,23-24H,4-9,15H2,1-3H3,(H,34,40)(H,35,41)(H,36,39)/t17-,23+,24+/m1/s1. The molecule has 1 aromatic heterocycles. The smallest absolute Gasteiger partial charge is 0.339 e. The molecule has 2 aromatic rings. The average molecular weight is 581 g/mol. The molecule has 2 aliphatic rings. The predicted molar refractivity (Wildman–Crippen MR) is 144 cm³/mol. The number of carbonyl (C=O) groups is 3. The minimum absolute atomic E-state index is 0.0723. The molecular weight excluding hydrogens is 544 g/mol. The van der Waals surface area contributed by atoms with Crippen LogP contribution >= 0.6 is 0 Å². The van der Waals surface area contributed by atoms with E-state index in [0.717, 1.165) is 49.5 Å². The van der Waals surface area contributed by atoms with Crippen molar-refractivity contribution in [3.8, 4) is 0 Å². The number of hydrogen-bond acceptors (Lipinski definition) is 4. The first-order valence-corrected chi connectivity index (χ1v) is 13.9. The zero-order valence-electron chi connectivity index (χ0n) is 23.3. The number of halogens is 4. The Balaban J connectivity index is 1.51. The van der Waals surface area contributed by atoms with Crippen LogP contribution in [0.5, 0.6) is 0 Å². The van der Waals surface area contributed by atoms with Crippen LogP contribution in [0.3, 0.4) is 0 Å². The second-order valence-corrected chi connectivity index (χ2v) is 11.1. The van der Waals surface area contributed by atoms with E-state index in [9.17, 15) is 27.6 Å². The number of rotatable bonds is 8. The van der Waals surface area contributed by atoms with E-state index in [4.69, 9.17) is 0 Å². The molecule has 9 nitrogen and oxygen atoms in total. The highest BCUT2D eigenvalue weighted by Crippen LogP contribution is 2.31. The molecular formula is C28H36F4N6O3. The first-order chi connectivity index (χ1) is 19.4. The number of amides is 4. The highest BCUT2D eigenvalue weighted by atomic mass is 19.4. The Morgan fingerprint density at radius 1 is 1.07 bits per heavy atom. The molecule has 3 N–H and O–H groups in total. The van der Waals surface area contributed by atoms with Crippen molar-refractivity contribution in [1.82, 2.24) is 25.3 Å². The van der Waals surface area contributed by atoms with E-state index in [1.165, 1.54) is 25.3 Å². The van der Waals surface area contributed by atoms with Gasteiger partial charge in [-0.2, -0.15) is 18.3 Å². The number of hydrogen-bond donors (Lipinski definition) is 3. The molecule has 1 aliphatic carbocycles. The summed E-state index contributed by atoms with van der Waals surface area (Å²) in [6, 6.07) is 0.716. The summed E-state index contributed by atoms with van der Waals surface area (Å²) in [7, 11) is 0. The van der Waals surface area contributed by atoms with Crippen molar-refractivity contribution < 1.29 is 31.9 Å². The Morgan fingerprint density at radius 2 is 1.76 bits per heavy atom. The van der Waals surface area contributed by atoms with Crippen molar-refractivity contribution in [2.75, 3.05) is 11.9 Å². The summed E-state index contributed by atoms with van der Waals surface area (Å²) in [6.07, 6.45) is 2.28. The molecule has 1 saturated carbocycles. The van der Waals surface area contributed by atoms with E-state index in [0.29, 0.717) is 5.69 Å². The summed E-state index contributed by atoms with van der Waals surface area (Å²) in [4.78, 5) is 39.9. The third kappa shape index (κ3) is 6.99. The molecule has 41 heavy (non-hydrogen) atoms. The van der Waals surface area contributed by atoms with Gasteiger partial charge in [0.2, 0.25) is 5.91 Å². The minimum atomic E-state index is -4.60. The molecule has 1 aliphatic heterocycles. The number of carbonyl (C=O) groups excluding carboxylic acids is 3. The molecule has 2 fully saturated rings. The Hall–Kier alpha value is -3.64. The maximum absolute atomic E-state index is 15.2. The lowest BCUT2D eigenvalue weighted by Crippen LogP contribution is -2.49. The molecule has 1 saturated heterocycles. The lowest BCUT2D eigenvalue weighted by atomic mass is 9.91. The maximum atomic E-state index is 15.2. The van der Waals surface area contributed by atoms with Gasteiger partial charge in [0, 0.05) is 12.2 Å². The zero-order chi connectivity index (χ0) is 29.9. The highest BCUT2D eigenvalue weighted by molar-refractivity contribution is 6.00. The second-order valence-electron chi connectivity index (χ2n) is 11.1. The Morgan fingerprint density at radius 3 is 2.34 bits per heavy atom. The van der Waals surface area contributed by atoms with E-state index in [1.54, 1.807) is 10.7 Å². The van der Waals surface area contributed by atoms with Crippen LogP contribution in [0.25, 0.3) is 0 Å². The molecule has 2 heterocycles. The summed E-state index contributed by atoms with van der Waals surface area (Å²) >= 11 is 0. The average Bonchev–Trinajstić information content (AvgIpc) is 3.47. The number of urea groups is 1. The first kappa shape index (κ1) is 30.3. The Kier molecular flexibility index (Phi) is 9.23. The van der Waals surface area contributed by atoms with Gasteiger partial charge >= 0.3 is 12.2 Å². The number of aromatic nitrogens is 2. The number of benzene rings is 1. The van der Waals surface area contributed by atoms with Gasteiger partial charge in [-0.25, -0.2) is 9.18 Å². The highest BCUT2D eigenvalue weighted by Gasteiger charge is 2.48. The van der Waals surface area contributed by atoms with Crippen LogP contribution in [0.2, 0.25) is 0 Å². The van der Waals surface area contributed by atoms with Crippen LogP contribution in [0, 0.1) is 11.7 Å². The van der Waals surface area contributed by atoms with Crippen molar-refractivity contribution in [1.29, 1.82) is 0 Å². The summed E-state index contributed by atoms with van der Waals surface area (Å²) in [6.45, 7) is 4.68. The first-order valence-electron chi connectivity index (χ1n) is 13.9. The monoisotopic (exact) mass is 580 g/mol. The number of alkyl halides is 3. The van der Waals surface area contributed by atoms with Crippen LogP contribution in [0.15, 0.2) is 30.5 Å². The topological polar surface area (TPSA) is 108 Å². The van der Waals surface area contributed by atoms with E-state index in [2.05, 4.69) is 15.7 Å². The maximum Gasteiger partial charge on any atom is 0.410 e. The van der Waals surface area contributed by atoms with Crippen LogP contribution in [-0.4, -0.2) is 57.3 Å². The number of nitrogens with zero attached hydrogens (tertiary/aromatic N) is 3. The fourth-order valence-electron chi connectivity index (χ4n) is 5.52. The van der Waals surface area contributed by atoms with Crippen molar-refractivity contribution in [2.45, 2.75) is 89.6 Å². The Labute approximate surface area is 236 Å². The van der Waals surface area contributed by atoms with Gasteiger partial charge in [0.05, 0.1) is 18.3 Å². The zero-order valence-corrected chi connectivity index (χ0v) is 23.3. The van der Waals surface area contributed by atoms with Crippen LogP contribution in [-0.2, 0) is 4.79 Å². The third-order valence-electron chi connectivity index (χ3n) is 7.87. The van der Waals surface area contributed by atoms with E-state index in [-0.39, 0.29) is 23.2 Å². The molecule has 1 aromatic carbocycles. The van der Waals surface area contributed by atoms with Gasteiger partial charge in [0.1, 0.15) is 23.6 Å². The largest absolute Gasteiger partial charge is 0.410 e. The molecule has 0 spiro atoms. The molecule has 4 rings (SSSR count). The van der Waals surface area contributed by atoms with Gasteiger partial charge in [0.25, 0.3) is 5.91 Å². The number of nitrogens with one attached hydrogen (secondary N) is 3. The second kappa shape index (κ2) is 12.5. The third-order valence-corrected chi connectivity index (χ3v) is 7.87. The van der Waals surface area contributed by atoms with E-state index in [1.807, 2.05) is 19.2 Å². The molecule has 4 amide bonds. The van der Waals surface area contributed by atoms with Gasteiger partial charge in [-0.05, 0) is 63.3 Å². The van der Waals surface area contributed by atoms with Crippen molar-refractivity contribution >= 4 is 23.5 Å². The summed E-state index contributed by atoms with van der Waals surface area (Å²) in [5.41, 5.74) is 0.453. The summed E-state index contributed by atoms with van der Waals surface area (Å²) in [5.74, 6) is -1.97. The molecule has 13 heteroatoms. The molecule has 0 radical (unpaired) electrons. The number of anilines is 1. The van der Waals surface area contributed by atoms with E-state index >= 15 is 4.39 Å². The molecule has 0 bridgehead atoms. The molecule has 0 unspecified atom stereocenters. The fourth-order valence-corrected chi connectivity index (χ4v) is 5.52. The molecule has 224 valence electrons. The quantitative estimate of drug-likeness (QED) is 0.290. The summed E-state index contributed by atoms with van der Waals surface area (Å²) in [5, 5.41) is 11.5. The van der Waals surface area contributed by atoms with Gasteiger partial charge in [0.15, 0.2) is 0 Å². The fraction of sp³-hybridized carbons (Fsp3) is 0.571. The van der Waals surface area contributed by atoms with Crippen molar-refractivity contribution in [3.05, 3.63) is 47.5 Å². The van der Waals surface area contributed by atoms with Crippen LogP contribution < -0.4 is 16.0 Å². The van der Waals surface area contributed by atoms with Crippen molar-refractivity contribution in [3.63, 3.8) is 0 Å².